The topological polar surface area (TPSA) is 70.2 Å². The van der Waals surface area contributed by atoms with Gasteiger partial charge in [-0.25, -0.2) is 4.98 Å². The summed E-state index contributed by atoms with van der Waals surface area (Å²) in [6.45, 7) is 1.21. The number of benzene rings is 1. The van der Waals surface area contributed by atoms with Crippen LogP contribution in [0.5, 0.6) is 0 Å². The van der Waals surface area contributed by atoms with Crippen LogP contribution in [0.3, 0.4) is 0 Å². The molecule has 1 aliphatic carbocycles. The number of carbonyl (C=O) groups is 1. The Kier molecular flexibility index (Phi) is 7.22. The molecular weight excluding hydrogens is 474 g/mol. The first kappa shape index (κ1) is 23.7. The van der Waals surface area contributed by atoms with Crippen LogP contribution in [0.15, 0.2) is 60.9 Å². The number of thiazole rings is 1. The van der Waals surface area contributed by atoms with Gasteiger partial charge in [-0.1, -0.05) is 24.3 Å². The summed E-state index contributed by atoms with van der Waals surface area (Å²) in [5.74, 6) is -0.0526. The Balaban J connectivity index is 1.15. The smallest absolute Gasteiger partial charge is 0.261 e. The zero-order valence-electron chi connectivity index (χ0n) is 20.0. The van der Waals surface area contributed by atoms with E-state index >= 15 is 0 Å². The monoisotopic (exact) mass is 503 g/mol. The molecule has 1 amide bonds. The molecule has 3 heterocycles. The number of fused-ring (bicyclic) bond motifs is 1. The number of nitrogens with one attached hydrogen (secondary N) is 2. The highest BCUT2D eigenvalue weighted by Gasteiger charge is 2.23. The molecule has 3 aromatic heterocycles. The normalized spacial score (nSPS) is 15.1. The first-order chi connectivity index (χ1) is 17.0. The summed E-state index contributed by atoms with van der Waals surface area (Å²) in [6.07, 6.45) is 6.85. The Hall–Kier alpha value is -3.07. The van der Waals surface area contributed by atoms with Crippen LogP contribution in [0.4, 0.5) is 5.13 Å². The first-order valence-corrected chi connectivity index (χ1v) is 13.4. The molecule has 0 radical (unpaired) electrons. The molecule has 5 rings (SSSR count). The third kappa shape index (κ3) is 5.78. The molecule has 35 heavy (non-hydrogen) atoms. The maximum atomic E-state index is 12.7. The lowest BCUT2D eigenvalue weighted by Crippen LogP contribution is -2.32. The van der Waals surface area contributed by atoms with Crippen LogP contribution >= 0.6 is 22.7 Å². The minimum absolute atomic E-state index is 0.0526. The maximum absolute atomic E-state index is 12.7. The van der Waals surface area contributed by atoms with Crippen molar-refractivity contribution in [3.05, 3.63) is 87.5 Å². The van der Waals surface area contributed by atoms with E-state index in [0.717, 1.165) is 34.0 Å². The Morgan fingerprint density at radius 2 is 1.86 bits per heavy atom. The summed E-state index contributed by atoms with van der Waals surface area (Å²) >= 11 is 3.28. The van der Waals surface area contributed by atoms with Crippen molar-refractivity contribution in [3.8, 4) is 10.4 Å². The van der Waals surface area contributed by atoms with Crippen molar-refractivity contribution in [3.63, 3.8) is 0 Å². The fourth-order valence-electron chi connectivity index (χ4n) is 4.30. The van der Waals surface area contributed by atoms with Crippen LogP contribution in [-0.2, 0) is 25.9 Å². The summed E-state index contributed by atoms with van der Waals surface area (Å²) in [5, 5.41) is 7.55. The van der Waals surface area contributed by atoms with E-state index in [1.165, 1.54) is 33.9 Å². The molecule has 0 fully saturated rings. The van der Waals surface area contributed by atoms with Crippen molar-refractivity contribution >= 4 is 33.7 Å². The minimum atomic E-state index is -0.0526. The second kappa shape index (κ2) is 10.7. The van der Waals surface area contributed by atoms with E-state index in [1.807, 2.05) is 36.4 Å². The van der Waals surface area contributed by atoms with Gasteiger partial charge in [0, 0.05) is 41.3 Å². The average Bonchev–Trinajstić information content (AvgIpc) is 3.54. The summed E-state index contributed by atoms with van der Waals surface area (Å²) in [6, 6.07) is 16.7. The summed E-state index contributed by atoms with van der Waals surface area (Å²) in [4.78, 5) is 27.1. The maximum Gasteiger partial charge on any atom is 0.261 e. The van der Waals surface area contributed by atoms with Crippen molar-refractivity contribution in [2.24, 2.45) is 0 Å². The van der Waals surface area contributed by atoms with Crippen molar-refractivity contribution in [1.29, 1.82) is 0 Å². The fourth-order valence-corrected chi connectivity index (χ4v) is 6.30. The van der Waals surface area contributed by atoms with Gasteiger partial charge in [0.05, 0.1) is 10.6 Å². The van der Waals surface area contributed by atoms with Gasteiger partial charge in [-0.15, -0.1) is 22.7 Å². The number of carbonyl (C=O) groups excluding carboxylic acids is 1. The molecule has 1 atom stereocenters. The van der Waals surface area contributed by atoms with Crippen LogP contribution < -0.4 is 10.6 Å². The van der Waals surface area contributed by atoms with Crippen LogP contribution in [0, 0.1) is 0 Å². The molecule has 0 saturated carbocycles. The number of thiophene rings is 1. The number of pyridine rings is 1. The predicted molar refractivity (Wildman–Crippen MR) is 144 cm³/mol. The molecule has 0 bridgehead atoms. The molecule has 1 unspecified atom stereocenters. The molecule has 6 nitrogen and oxygen atoms in total. The lowest BCUT2D eigenvalue weighted by atomic mass is 9.97. The highest BCUT2D eigenvalue weighted by molar-refractivity contribution is 7.17. The van der Waals surface area contributed by atoms with Gasteiger partial charge in [0.2, 0.25) is 0 Å². The number of anilines is 1. The van der Waals surface area contributed by atoms with Crippen LogP contribution in [0.1, 0.15) is 37.8 Å². The number of hydrogen-bond acceptors (Lipinski definition) is 7. The van der Waals surface area contributed by atoms with E-state index in [4.69, 9.17) is 4.98 Å². The van der Waals surface area contributed by atoms with E-state index in [9.17, 15) is 4.79 Å². The van der Waals surface area contributed by atoms with Gasteiger partial charge in [-0.2, -0.15) is 0 Å². The summed E-state index contributed by atoms with van der Waals surface area (Å²) in [5.41, 5.74) is 4.58. The molecule has 4 aromatic rings. The third-order valence-electron chi connectivity index (χ3n) is 6.33. The predicted octanol–water partition coefficient (Wildman–Crippen LogP) is 5.23. The molecular formula is C27H29N5OS2. The van der Waals surface area contributed by atoms with E-state index < -0.39 is 0 Å². The van der Waals surface area contributed by atoms with E-state index in [0.29, 0.717) is 24.0 Å². The second-order valence-corrected chi connectivity index (χ2v) is 11.2. The van der Waals surface area contributed by atoms with Gasteiger partial charge in [0.1, 0.15) is 0 Å². The Labute approximate surface area is 214 Å². The molecule has 8 heteroatoms. The quantitative estimate of drug-likeness (QED) is 0.345. The number of aromatic nitrogens is 2. The molecule has 0 saturated heterocycles. The van der Waals surface area contributed by atoms with Gasteiger partial charge in [-0.3, -0.25) is 9.78 Å². The van der Waals surface area contributed by atoms with Gasteiger partial charge < -0.3 is 15.5 Å². The third-order valence-corrected chi connectivity index (χ3v) is 8.54. The summed E-state index contributed by atoms with van der Waals surface area (Å²) < 4.78 is 0. The SMILES string of the molecule is CN(C)C1CCc2nc(NCc3cccc(CNC(=O)c4ccc(-c5ccncc5)s4)c3)sc2C1. The van der Waals surface area contributed by atoms with E-state index in [2.05, 4.69) is 46.7 Å². The fraction of sp³-hybridized carbons (Fsp3) is 0.296. The second-order valence-electron chi connectivity index (χ2n) is 9.01. The van der Waals surface area contributed by atoms with Crippen LogP contribution in [-0.4, -0.2) is 40.9 Å². The highest BCUT2D eigenvalue weighted by atomic mass is 32.1. The largest absolute Gasteiger partial charge is 0.357 e. The molecule has 2 N–H and O–H groups in total. The number of likely N-dealkylation sites (N-methyl/N-ethyl adjacent to an activating group) is 1. The first-order valence-electron chi connectivity index (χ1n) is 11.8. The van der Waals surface area contributed by atoms with Crippen LogP contribution in [0.25, 0.3) is 10.4 Å². The van der Waals surface area contributed by atoms with Crippen molar-refractivity contribution in [2.75, 3.05) is 19.4 Å². The van der Waals surface area contributed by atoms with Gasteiger partial charge >= 0.3 is 0 Å². The lowest BCUT2D eigenvalue weighted by molar-refractivity contribution is 0.0955. The summed E-state index contributed by atoms with van der Waals surface area (Å²) in [7, 11) is 4.32. The standard InChI is InChI=1S/C27H29N5OS2/c1-32(2)21-6-7-22-25(15-21)35-27(31-22)30-17-19-5-3-4-18(14-19)16-29-26(33)24-9-8-23(34-24)20-10-12-28-13-11-20/h3-5,8-14,21H,6-7,15-17H2,1-2H3,(H,29,33)(H,30,31). The van der Waals surface area contributed by atoms with Crippen molar-refractivity contribution in [2.45, 2.75) is 38.4 Å². The molecule has 0 aliphatic heterocycles. The Morgan fingerprint density at radius 3 is 2.66 bits per heavy atom. The van der Waals surface area contributed by atoms with Crippen molar-refractivity contribution in [1.82, 2.24) is 20.2 Å². The van der Waals surface area contributed by atoms with Gasteiger partial charge in [0.15, 0.2) is 5.13 Å². The lowest BCUT2D eigenvalue weighted by Gasteiger charge is -2.27. The zero-order valence-corrected chi connectivity index (χ0v) is 21.6. The highest BCUT2D eigenvalue weighted by Crippen LogP contribution is 2.31. The van der Waals surface area contributed by atoms with Crippen molar-refractivity contribution < 1.29 is 4.79 Å². The number of amides is 1. The number of aryl methyl sites for hydroxylation is 1. The zero-order chi connectivity index (χ0) is 24.2. The molecule has 180 valence electrons. The minimum Gasteiger partial charge on any atom is -0.357 e. The average molecular weight is 504 g/mol. The van der Waals surface area contributed by atoms with E-state index in [-0.39, 0.29) is 5.91 Å². The van der Waals surface area contributed by atoms with Gasteiger partial charge in [-0.05, 0) is 74.3 Å². The Bertz CT molecular complexity index is 1300. The van der Waals surface area contributed by atoms with E-state index in [1.54, 1.807) is 23.7 Å². The molecule has 1 aromatic carbocycles. The van der Waals surface area contributed by atoms with Crippen LogP contribution in [0.2, 0.25) is 0 Å². The number of hydrogen-bond donors (Lipinski definition) is 2. The molecule has 0 spiro atoms. The molecule has 1 aliphatic rings. The number of rotatable bonds is 8. The van der Waals surface area contributed by atoms with Gasteiger partial charge in [0.25, 0.3) is 5.91 Å². The Morgan fingerprint density at radius 1 is 1.06 bits per heavy atom. The number of nitrogens with zero attached hydrogens (tertiary/aromatic N) is 3.